The number of nitrogens with one attached hydrogen (secondary N) is 1. The molecule has 0 aromatic rings. The van der Waals surface area contributed by atoms with Crippen LogP contribution in [0.1, 0.15) is 71.6 Å². The molecule has 1 aliphatic heterocycles. The van der Waals surface area contributed by atoms with Crippen molar-refractivity contribution in [1.82, 2.24) is 5.32 Å². The highest BCUT2D eigenvalue weighted by molar-refractivity contribution is 5.73. The van der Waals surface area contributed by atoms with Crippen molar-refractivity contribution in [3.8, 4) is 0 Å². The van der Waals surface area contributed by atoms with Gasteiger partial charge in [-0.25, -0.2) is 0 Å². The average molecular weight is 405 g/mol. The third kappa shape index (κ3) is 9.15. The van der Waals surface area contributed by atoms with Gasteiger partial charge in [0.25, 0.3) is 0 Å². The van der Waals surface area contributed by atoms with Crippen molar-refractivity contribution in [3.05, 3.63) is 0 Å². The van der Waals surface area contributed by atoms with Crippen molar-refractivity contribution in [3.63, 3.8) is 0 Å². The third-order valence-electron chi connectivity index (χ3n) is 5.15. The Morgan fingerprint density at radius 3 is 2.29 bits per heavy atom. The van der Waals surface area contributed by atoms with E-state index in [1.807, 2.05) is 0 Å². The van der Waals surface area contributed by atoms with Gasteiger partial charge in [0.15, 0.2) is 6.29 Å². The molecule has 8 nitrogen and oxygen atoms in total. The molecule has 1 amide bonds. The molecule has 6 N–H and O–H groups in total. The minimum Gasteiger partial charge on any atom is -0.394 e. The van der Waals surface area contributed by atoms with Gasteiger partial charge in [-0.15, -0.1) is 0 Å². The van der Waals surface area contributed by atoms with Crippen LogP contribution in [0.4, 0.5) is 0 Å². The van der Waals surface area contributed by atoms with Crippen molar-refractivity contribution in [2.45, 2.75) is 108 Å². The topological polar surface area (TPSA) is 134 Å². The van der Waals surface area contributed by atoms with E-state index in [-0.39, 0.29) is 18.6 Å². The maximum atomic E-state index is 11.4. The number of aliphatic hydroxyl groups excluding tert-OH is 3. The molecule has 0 aromatic heterocycles. The van der Waals surface area contributed by atoms with E-state index in [9.17, 15) is 20.1 Å². The van der Waals surface area contributed by atoms with Crippen molar-refractivity contribution >= 4 is 5.91 Å². The Labute approximate surface area is 168 Å². The molecule has 1 fully saturated rings. The van der Waals surface area contributed by atoms with Gasteiger partial charge in [-0.1, -0.05) is 58.3 Å². The van der Waals surface area contributed by atoms with Crippen LogP contribution in [0.15, 0.2) is 0 Å². The first-order valence-electron chi connectivity index (χ1n) is 10.7. The summed E-state index contributed by atoms with van der Waals surface area (Å²) in [6.45, 7) is 3.27. The standard InChI is InChI=1S/C20H40N2O6/c1-3-4-5-6-7-8-9-10-11-15(21)13-27-20-17(22-14(2)24)19(26)18(25)16(12-23)28-20/h15-20,23,25-26H,3-13,21H2,1-2H3,(H,22,24)/t15-,16?,17?,18-,19-,20-/m1/s1. The molecule has 1 aliphatic rings. The highest BCUT2D eigenvalue weighted by Crippen LogP contribution is 2.22. The highest BCUT2D eigenvalue weighted by atomic mass is 16.7. The first-order valence-corrected chi connectivity index (χ1v) is 10.7. The fraction of sp³-hybridized carbons (Fsp3) is 0.950. The second kappa shape index (κ2) is 14.3. The quantitative estimate of drug-likeness (QED) is 0.270. The van der Waals surface area contributed by atoms with Crippen molar-refractivity contribution in [1.29, 1.82) is 0 Å². The lowest BCUT2D eigenvalue weighted by molar-refractivity contribution is -0.271. The monoisotopic (exact) mass is 404 g/mol. The summed E-state index contributed by atoms with van der Waals surface area (Å²) in [6.07, 6.45) is 6.09. The molecule has 1 saturated heterocycles. The third-order valence-corrected chi connectivity index (χ3v) is 5.15. The molecule has 0 radical (unpaired) electrons. The van der Waals surface area contributed by atoms with Crippen LogP contribution in [0.2, 0.25) is 0 Å². The number of hydrogen-bond acceptors (Lipinski definition) is 7. The normalized spacial score (nSPS) is 28.9. The van der Waals surface area contributed by atoms with E-state index in [0.717, 1.165) is 19.3 Å². The second-order valence-electron chi connectivity index (χ2n) is 7.79. The summed E-state index contributed by atoms with van der Waals surface area (Å²) < 4.78 is 11.2. The van der Waals surface area contributed by atoms with Crippen LogP contribution in [0.5, 0.6) is 0 Å². The average Bonchev–Trinajstić information content (AvgIpc) is 2.66. The minimum absolute atomic E-state index is 0.182. The number of amides is 1. The van der Waals surface area contributed by atoms with Crippen molar-refractivity contribution in [2.24, 2.45) is 5.73 Å². The van der Waals surface area contributed by atoms with E-state index >= 15 is 0 Å². The molecule has 0 saturated carbocycles. The maximum absolute atomic E-state index is 11.4. The Hall–Kier alpha value is -0.770. The van der Waals surface area contributed by atoms with E-state index in [0.29, 0.717) is 0 Å². The minimum atomic E-state index is -1.31. The number of rotatable bonds is 14. The number of carbonyl (C=O) groups is 1. The molecule has 0 spiro atoms. The summed E-state index contributed by atoms with van der Waals surface area (Å²) >= 11 is 0. The predicted octanol–water partition coefficient (Wildman–Crippen LogP) is 0.805. The summed E-state index contributed by atoms with van der Waals surface area (Å²) in [5.74, 6) is -0.376. The molecule has 0 bridgehead atoms. The number of ether oxygens (including phenoxy) is 2. The summed E-state index contributed by atoms with van der Waals surface area (Å²) in [7, 11) is 0. The molecule has 0 aliphatic carbocycles. The van der Waals surface area contributed by atoms with Gasteiger partial charge >= 0.3 is 0 Å². The number of hydrogen-bond donors (Lipinski definition) is 5. The molecule has 6 atom stereocenters. The van der Waals surface area contributed by atoms with Gasteiger partial charge in [-0.05, 0) is 6.42 Å². The smallest absolute Gasteiger partial charge is 0.217 e. The zero-order valence-electron chi connectivity index (χ0n) is 17.4. The summed E-state index contributed by atoms with van der Waals surface area (Å²) in [4.78, 5) is 11.4. The van der Waals surface area contributed by atoms with Gasteiger partial charge in [0.05, 0.1) is 13.2 Å². The SMILES string of the molecule is CCCCCCCCCC[C@@H](N)CO[C@@H]1OC(CO)[C@@H](O)[C@H](O)C1NC(C)=O. The number of aliphatic hydroxyl groups is 3. The first kappa shape index (κ1) is 25.3. The molecular formula is C20H40N2O6. The number of nitrogens with two attached hydrogens (primary N) is 1. The van der Waals surface area contributed by atoms with Gasteiger partial charge in [0.2, 0.25) is 5.91 Å². The molecule has 1 heterocycles. The van der Waals surface area contributed by atoms with E-state index in [4.69, 9.17) is 15.2 Å². The molecule has 0 aromatic carbocycles. The predicted molar refractivity (Wildman–Crippen MR) is 107 cm³/mol. The molecule has 28 heavy (non-hydrogen) atoms. The molecule has 1 rings (SSSR count). The van der Waals surface area contributed by atoms with Gasteiger partial charge in [0, 0.05) is 13.0 Å². The Balaban J connectivity index is 2.33. The largest absolute Gasteiger partial charge is 0.394 e. The van der Waals surface area contributed by atoms with Crippen LogP contribution < -0.4 is 11.1 Å². The van der Waals surface area contributed by atoms with Gasteiger partial charge in [0.1, 0.15) is 24.4 Å². The maximum Gasteiger partial charge on any atom is 0.217 e. The Morgan fingerprint density at radius 1 is 1.11 bits per heavy atom. The zero-order valence-corrected chi connectivity index (χ0v) is 17.4. The van der Waals surface area contributed by atoms with Crippen LogP contribution in [0.3, 0.4) is 0 Å². The summed E-state index contributed by atoms with van der Waals surface area (Å²) in [5, 5.41) is 32.1. The fourth-order valence-corrected chi connectivity index (χ4v) is 3.46. The first-order chi connectivity index (χ1) is 13.4. The van der Waals surface area contributed by atoms with E-state index in [1.54, 1.807) is 0 Å². The van der Waals surface area contributed by atoms with Gasteiger partial charge in [-0.2, -0.15) is 0 Å². The number of carbonyl (C=O) groups excluding carboxylic acids is 1. The lowest BCUT2D eigenvalue weighted by Gasteiger charge is -2.42. The van der Waals surface area contributed by atoms with Crippen molar-refractivity contribution < 1.29 is 29.6 Å². The molecule has 8 heteroatoms. The lowest BCUT2D eigenvalue weighted by Crippen LogP contribution is -2.64. The van der Waals surface area contributed by atoms with Crippen LogP contribution >= 0.6 is 0 Å². The van der Waals surface area contributed by atoms with Crippen LogP contribution in [0.25, 0.3) is 0 Å². The zero-order chi connectivity index (χ0) is 20.9. The lowest BCUT2D eigenvalue weighted by atomic mass is 9.97. The van der Waals surface area contributed by atoms with Gasteiger partial charge < -0.3 is 35.8 Å². The number of unbranched alkanes of at least 4 members (excludes halogenated alkanes) is 7. The molecule has 166 valence electrons. The van der Waals surface area contributed by atoms with Crippen LogP contribution in [0, 0.1) is 0 Å². The van der Waals surface area contributed by atoms with Crippen LogP contribution in [-0.2, 0) is 14.3 Å². The highest BCUT2D eigenvalue weighted by Gasteiger charge is 2.45. The van der Waals surface area contributed by atoms with Crippen LogP contribution in [-0.4, -0.2) is 71.1 Å². The Kier molecular flexibility index (Phi) is 12.9. The summed E-state index contributed by atoms with van der Waals surface area (Å²) in [6, 6.07) is -1.11. The van der Waals surface area contributed by atoms with Crippen molar-refractivity contribution in [2.75, 3.05) is 13.2 Å². The van der Waals surface area contributed by atoms with Gasteiger partial charge in [-0.3, -0.25) is 4.79 Å². The Morgan fingerprint density at radius 2 is 1.71 bits per heavy atom. The Bertz CT molecular complexity index is 426. The van der Waals surface area contributed by atoms with E-state index in [1.165, 1.54) is 45.4 Å². The summed E-state index contributed by atoms with van der Waals surface area (Å²) in [5.41, 5.74) is 6.12. The van der Waals surface area contributed by atoms with E-state index in [2.05, 4.69) is 12.2 Å². The van der Waals surface area contributed by atoms with E-state index < -0.39 is 37.3 Å². The molecular weight excluding hydrogens is 364 g/mol. The fourth-order valence-electron chi connectivity index (χ4n) is 3.46. The molecule has 2 unspecified atom stereocenters. The second-order valence-corrected chi connectivity index (χ2v) is 7.79.